The molecule has 0 amide bonds. The van der Waals surface area contributed by atoms with E-state index in [9.17, 15) is 8.42 Å². The lowest BCUT2D eigenvalue weighted by molar-refractivity contribution is 0.392. The zero-order chi connectivity index (χ0) is 14.9. The fourth-order valence-electron chi connectivity index (χ4n) is 1.96. The summed E-state index contributed by atoms with van der Waals surface area (Å²) < 4.78 is 28.3. The van der Waals surface area contributed by atoms with Crippen molar-refractivity contribution >= 4 is 21.2 Å². The summed E-state index contributed by atoms with van der Waals surface area (Å²) in [6.07, 6.45) is 1.14. The zero-order valence-corrected chi connectivity index (χ0v) is 12.4. The highest BCUT2D eigenvalue weighted by Gasteiger charge is 2.15. The molecule has 1 aromatic carbocycles. The normalized spacial score (nSPS) is 11.6. The number of anilines is 2. The molecule has 1 aromatic heterocycles. The number of nitrogens with one attached hydrogen (secondary N) is 1. The first-order valence-corrected chi connectivity index (χ1v) is 7.94. The van der Waals surface area contributed by atoms with Crippen LogP contribution in [0.15, 0.2) is 27.6 Å². The van der Waals surface area contributed by atoms with Crippen molar-refractivity contribution < 1.29 is 12.9 Å². The van der Waals surface area contributed by atoms with Crippen molar-refractivity contribution in [2.75, 3.05) is 17.3 Å². The van der Waals surface area contributed by atoms with Crippen molar-refractivity contribution in [3.63, 3.8) is 0 Å². The Kier molecular flexibility index (Phi) is 3.71. The largest absolute Gasteiger partial charge is 0.396 e. The molecule has 0 bridgehead atoms. The molecule has 2 aromatic rings. The van der Waals surface area contributed by atoms with Crippen LogP contribution in [0.2, 0.25) is 0 Å². The molecule has 1 heterocycles. The molecule has 0 unspecified atom stereocenters. The lowest BCUT2D eigenvalue weighted by Gasteiger charge is -2.11. The monoisotopic (exact) mass is 295 g/mol. The number of nitrogens with two attached hydrogens (primary N) is 1. The third-order valence-corrected chi connectivity index (χ3v) is 4.26. The van der Waals surface area contributed by atoms with E-state index in [0.717, 1.165) is 23.3 Å². The number of rotatable bonds is 4. The van der Waals surface area contributed by atoms with E-state index < -0.39 is 9.84 Å². The van der Waals surface area contributed by atoms with Crippen LogP contribution in [-0.4, -0.2) is 19.8 Å². The Hall–Kier alpha value is -2.02. The maximum Gasteiger partial charge on any atom is 0.177 e. The summed E-state index contributed by atoms with van der Waals surface area (Å²) in [6.45, 7) is 4.15. The van der Waals surface area contributed by atoms with Gasteiger partial charge in [0.2, 0.25) is 0 Å². The van der Waals surface area contributed by atoms with E-state index in [1.54, 1.807) is 12.1 Å². The Morgan fingerprint density at radius 1 is 1.35 bits per heavy atom. The second-order valence-corrected chi connectivity index (χ2v) is 6.63. The van der Waals surface area contributed by atoms with Crippen molar-refractivity contribution in [1.29, 1.82) is 0 Å². The molecule has 0 aliphatic heterocycles. The van der Waals surface area contributed by atoms with Gasteiger partial charge < -0.3 is 15.6 Å². The van der Waals surface area contributed by atoms with Crippen LogP contribution < -0.4 is 11.1 Å². The van der Waals surface area contributed by atoms with Crippen LogP contribution in [0.1, 0.15) is 17.0 Å². The van der Waals surface area contributed by atoms with E-state index >= 15 is 0 Å². The molecule has 7 heteroatoms. The van der Waals surface area contributed by atoms with Crippen molar-refractivity contribution in [3.8, 4) is 0 Å². The first-order valence-electron chi connectivity index (χ1n) is 6.05. The summed E-state index contributed by atoms with van der Waals surface area (Å²) in [5.41, 5.74) is 8.44. The van der Waals surface area contributed by atoms with Gasteiger partial charge in [-0.15, -0.1) is 0 Å². The molecular weight excluding hydrogens is 278 g/mol. The van der Waals surface area contributed by atoms with E-state index in [1.807, 2.05) is 13.8 Å². The number of hydrogen-bond acceptors (Lipinski definition) is 6. The van der Waals surface area contributed by atoms with Crippen LogP contribution >= 0.6 is 0 Å². The minimum absolute atomic E-state index is 0.126. The topological polar surface area (TPSA) is 98.2 Å². The van der Waals surface area contributed by atoms with E-state index in [0.29, 0.717) is 12.2 Å². The molecule has 0 saturated heterocycles. The fraction of sp³-hybridized carbons (Fsp3) is 0.308. The molecule has 0 aliphatic rings. The molecule has 0 fully saturated rings. The van der Waals surface area contributed by atoms with Crippen LogP contribution in [0.3, 0.4) is 0 Å². The summed E-state index contributed by atoms with van der Waals surface area (Å²) in [4.78, 5) is 0.126. The van der Waals surface area contributed by atoms with Gasteiger partial charge in [0.15, 0.2) is 9.84 Å². The van der Waals surface area contributed by atoms with Gasteiger partial charge in [-0.3, -0.25) is 0 Å². The summed E-state index contributed by atoms with van der Waals surface area (Å²) in [5, 5.41) is 6.99. The highest BCUT2D eigenvalue weighted by atomic mass is 32.2. The number of hydrogen-bond donors (Lipinski definition) is 2. The summed E-state index contributed by atoms with van der Waals surface area (Å²) in [5.74, 6) is 0.729. The lowest BCUT2D eigenvalue weighted by Crippen LogP contribution is -2.08. The molecule has 2 rings (SSSR count). The van der Waals surface area contributed by atoms with Gasteiger partial charge in [-0.1, -0.05) is 11.2 Å². The average molecular weight is 295 g/mol. The van der Waals surface area contributed by atoms with Gasteiger partial charge in [0, 0.05) is 18.4 Å². The van der Waals surface area contributed by atoms with Gasteiger partial charge in [-0.05, 0) is 26.0 Å². The van der Waals surface area contributed by atoms with Gasteiger partial charge in [-0.25, -0.2) is 8.42 Å². The predicted octanol–water partition coefficient (Wildman–Crippen LogP) is 1.89. The van der Waals surface area contributed by atoms with Crippen LogP contribution in [0, 0.1) is 13.8 Å². The van der Waals surface area contributed by atoms with Crippen LogP contribution in [0.4, 0.5) is 11.4 Å². The Balaban J connectivity index is 2.28. The van der Waals surface area contributed by atoms with Crippen molar-refractivity contribution in [3.05, 3.63) is 35.2 Å². The lowest BCUT2D eigenvalue weighted by atomic mass is 10.2. The highest BCUT2D eigenvalue weighted by molar-refractivity contribution is 7.90. The highest BCUT2D eigenvalue weighted by Crippen LogP contribution is 2.27. The van der Waals surface area contributed by atoms with E-state index in [1.165, 1.54) is 6.07 Å². The number of sulfone groups is 1. The SMILES string of the molecule is Cc1noc(C)c1CNc1cccc(S(C)(=O)=O)c1N. The fourth-order valence-corrected chi connectivity index (χ4v) is 2.79. The minimum atomic E-state index is -3.34. The molecular formula is C13H17N3O3S. The minimum Gasteiger partial charge on any atom is -0.396 e. The zero-order valence-electron chi connectivity index (χ0n) is 11.6. The molecule has 0 atom stereocenters. The van der Waals surface area contributed by atoms with Gasteiger partial charge >= 0.3 is 0 Å². The standard InChI is InChI=1S/C13H17N3O3S/c1-8-10(9(2)19-16-8)7-15-11-5-4-6-12(13(11)14)20(3,17)18/h4-6,15H,7,14H2,1-3H3. The molecule has 0 spiro atoms. The molecule has 0 aliphatic carbocycles. The van der Waals surface area contributed by atoms with Crippen LogP contribution in [0.25, 0.3) is 0 Å². The number of nitrogens with zero attached hydrogens (tertiary/aromatic N) is 1. The second-order valence-electron chi connectivity index (χ2n) is 4.65. The van der Waals surface area contributed by atoms with Gasteiger partial charge in [-0.2, -0.15) is 0 Å². The Bertz CT molecular complexity index is 716. The quantitative estimate of drug-likeness (QED) is 0.836. The number of para-hydroxylation sites is 1. The van der Waals surface area contributed by atoms with Gasteiger partial charge in [0.05, 0.1) is 22.0 Å². The smallest absolute Gasteiger partial charge is 0.177 e. The molecule has 0 radical (unpaired) electrons. The molecule has 0 saturated carbocycles. The molecule has 3 N–H and O–H groups in total. The van der Waals surface area contributed by atoms with Crippen molar-refractivity contribution in [1.82, 2.24) is 5.16 Å². The Labute approximate surface area is 117 Å². The van der Waals surface area contributed by atoms with E-state index in [2.05, 4.69) is 10.5 Å². The number of benzene rings is 1. The molecule has 20 heavy (non-hydrogen) atoms. The van der Waals surface area contributed by atoms with Gasteiger partial charge in [0.1, 0.15) is 5.76 Å². The average Bonchev–Trinajstić information content (AvgIpc) is 2.67. The van der Waals surface area contributed by atoms with Crippen molar-refractivity contribution in [2.24, 2.45) is 0 Å². The maximum atomic E-state index is 11.6. The van der Waals surface area contributed by atoms with E-state index in [4.69, 9.17) is 10.3 Å². The number of aryl methyl sites for hydroxylation is 2. The second kappa shape index (κ2) is 5.16. The first-order chi connectivity index (χ1) is 9.30. The number of aromatic nitrogens is 1. The maximum absolute atomic E-state index is 11.6. The first kappa shape index (κ1) is 14.4. The Morgan fingerprint density at radius 2 is 2.05 bits per heavy atom. The Morgan fingerprint density at radius 3 is 2.60 bits per heavy atom. The summed E-state index contributed by atoms with van der Waals surface area (Å²) >= 11 is 0. The number of nitrogen functional groups attached to an aromatic ring is 1. The van der Waals surface area contributed by atoms with Crippen molar-refractivity contribution in [2.45, 2.75) is 25.3 Å². The van der Waals surface area contributed by atoms with E-state index in [-0.39, 0.29) is 10.6 Å². The third kappa shape index (κ3) is 2.77. The molecule has 108 valence electrons. The van der Waals surface area contributed by atoms with Gasteiger partial charge in [0.25, 0.3) is 0 Å². The van der Waals surface area contributed by atoms with Crippen LogP contribution in [-0.2, 0) is 16.4 Å². The molecule has 6 nitrogen and oxygen atoms in total. The van der Waals surface area contributed by atoms with Crippen LogP contribution in [0.5, 0.6) is 0 Å². The summed E-state index contributed by atoms with van der Waals surface area (Å²) in [7, 11) is -3.34. The predicted molar refractivity (Wildman–Crippen MR) is 77.3 cm³/mol. The third-order valence-electron chi connectivity index (χ3n) is 3.10. The summed E-state index contributed by atoms with van der Waals surface area (Å²) in [6, 6.07) is 4.89.